The summed E-state index contributed by atoms with van der Waals surface area (Å²) in [5, 5.41) is 2.10. The molecule has 2 rings (SSSR count). The van der Waals surface area contributed by atoms with Crippen molar-refractivity contribution in [1.82, 2.24) is 0 Å². The average Bonchev–Trinajstić information content (AvgIpc) is 2.87. The van der Waals surface area contributed by atoms with Gasteiger partial charge in [0, 0.05) is 16.5 Å². The smallest absolute Gasteiger partial charge is 0.0950 e. The minimum absolute atomic E-state index is 0.0934. The molecular weight excluding hydrogens is 194 g/mol. The van der Waals surface area contributed by atoms with Crippen LogP contribution in [-0.2, 0) is 6.42 Å². The van der Waals surface area contributed by atoms with Crippen molar-refractivity contribution in [3.63, 3.8) is 0 Å². The number of hydrogen-bond acceptors (Lipinski definition) is 3. The highest BCUT2D eigenvalue weighted by atomic mass is 32.1. The van der Waals surface area contributed by atoms with E-state index in [1.807, 2.05) is 6.07 Å². The Labute approximate surface area is 87.4 Å². The maximum absolute atomic E-state index is 6.00. The molecule has 0 bridgehead atoms. The van der Waals surface area contributed by atoms with Gasteiger partial charge in [-0.2, -0.15) is 0 Å². The molecule has 2 nitrogen and oxygen atoms in total. The van der Waals surface area contributed by atoms with Gasteiger partial charge in [0.15, 0.2) is 0 Å². The molecule has 74 valence electrons. The minimum atomic E-state index is 0.0934. The van der Waals surface area contributed by atoms with Crippen LogP contribution in [0, 0.1) is 0 Å². The van der Waals surface area contributed by atoms with Gasteiger partial charge in [-0.1, -0.05) is 6.07 Å². The number of nitrogens with two attached hydrogens (primary N) is 1. The van der Waals surface area contributed by atoms with E-state index in [9.17, 15) is 0 Å². The van der Waals surface area contributed by atoms with Crippen molar-refractivity contribution in [2.24, 2.45) is 5.73 Å². The molecule has 0 aromatic carbocycles. The molecule has 0 amide bonds. The van der Waals surface area contributed by atoms with Gasteiger partial charge in [-0.3, -0.25) is 0 Å². The van der Waals surface area contributed by atoms with E-state index in [2.05, 4.69) is 17.5 Å². The molecule has 0 radical (unpaired) electrons. The maximum Gasteiger partial charge on any atom is 0.0950 e. The summed E-state index contributed by atoms with van der Waals surface area (Å²) in [4.78, 5) is 1.39. The summed E-state index contributed by atoms with van der Waals surface area (Å²) >= 11 is 1.78. The van der Waals surface area contributed by atoms with Crippen LogP contribution >= 0.6 is 11.3 Å². The van der Waals surface area contributed by atoms with Crippen molar-refractivity contribution in [3.8, 4) is 0 Å². The van der Waals surface area contributed by atoms with Crippen molar-refractivity contribution >= 4 is 11.3 Å². The number of furan rings is 1. The second-order valence-corrected chi connectivity index (χ2v) is 4.31. The lowest BCUT2D eigenvalue weighted by molar-refractivity contribution is 0.554. The first-order chi connectivity index (χ1) is 6.86. The third-order valence-electron chi connectivity index (χ3n) is 2.25. The topological polar surface area (TPSA) is 39.2 Å². The lowest BCUT2D eigenvalue weighted by atomic mass is 10.1. The molecule has 2 heterocycles. The van der Waals surface area contributed by atoms with E-state index in [0.717, 1.165) is 18.4 Å². The van der Waals surface area contributed by atoms with Crippen LogP contribution in [0.15, 0.2) is 40.5 Å². The zero-order chi connectivity index (χ0) is 9.80. The minimum Gasteiger partial charge on any atom is -0.472 e. The standard InChI is InChI=1S/C11H13NOS/c12-11(9-5-6-13-8-9)4-3-10-2-1-7-14-10/h1-2,5-8,11H,3-4,12H2. The molecule has 1 atom stereocenters. The van der Waals surface area contributed by atoms with Gasteiger partial charge < -0.3 is 10.2 Å². The molecule has 0 saturated carbocycles. The van der Waals surface area contributed by atoms with Crippen molar-refractivity contribution in [2.75, 3.05) is 0 Å². The number of hydrogen-bond donors (Lipinski definition) is 1. The third kappa shape index (κ3) is 2.25. The lowest BCUT2D eigenvalue weighted by Crippen LogP contribution is -2.09. The van der Waals surface area contributed by atoms with Gasteiger partial charge in [-0.25, -0.2) is 0 Å². The molecule has 0 aliphatic heterocycles. The molecule has 0 fully saturated rings. The van der Waals surface area contributed by atoms with Crippen molar-refractivity contribution in [2.45, 2.75) is 18.9 Å². The first-order valence-electron chi connectivity index (χ1n) is 4.66. The Morgan fingerprint density at radius 1 is 1.43 bits per heavy atom. The van der Waals surface area contributed by atoms with E-state index < -0.39 is 0 Å². The fraction of sp³-hybridized carbons (Fsp3) is 0.273. The van der Waals surface area contributed by atoms with Gasteiger partial charge in [0.2, 0.25) is 0 Å². The van der Waals surface area contributed by atoms with Crippen molar-refractivity contribution < 1.29 is 4.42 Å². The first-order valence-corrected chi connectivity index (χ1v) is 5.54. The Morgan fingerprint density at radius 3 is 3.00 bits per heavy atom. The molecule has 14 heavy (non-hydrogen) atoms. The van der Waals surface area contributed by atoms with Crippen LogP contribution in [0.3, 0.4) is 0 Å². The molecule has 1 unspecified atom stereocenters. The molecular formula is C11H13NOS. The predicted molar refractivity (Wildman–Crippen MR) is 58.3 cm³/mol. The van der Waals surface area contributed by atoms with Gasteiger partial charge in [-0.05, 0) is 30.4 Å². The summed E-state index contributed by atoms with van der Waals surface area (Å²) in [6, 6.07) is 6.24. The predicted octanol–water partition coefficient (Wildman–Crippen LogP) is 2.97. The molecule has 0 aliphatic rings. The second kappa shape index (κ2) is 4.44. The molecule has 2 N–H and O–H groups in total. The molecule has 3 heteroatoms. The summed E-state index contributed by atoms with van der Waals surface area (Å²) in [6.07, 6.45) is 5.41. The van der Waals surface area contributed by atoms with E-state index in [0.29, 0.717) is 0 Å². The summed E-state index contributed by atoms with van der Waals surface area (Å²) in [6.45, 7) is 0. The SMILES string of the molecule is NC(CCc1cccs1)c1ccoc1. The normalized spacial score (nSPS) is 12.9. The number of aryl methyl sites for hydroxylation is 1. The van der Waals surface area contributed by atoms with Gasteiger partial charge in [-0.15, -0.1) is 11.3 Å². The highest BCUT2D eigenvalue weighted by molar-refractivity contribution is 7.09. The van der Waals surface area contributed by atoms with Crippen molar-refractivity contribution in [3.05, 3.63) is 46.5 Å². The summed E-state index contributed by atoms with van der Waals surface area (Å²) in [7, 11) is 0. The highest BCUT2D eigenvalue weighted by Gasteiger charge is 2.07. The van der Waals surface area contributed by atoms with Crippen LogP contribution in [0.25, 0.3) is 0 Å². The maximum atomic E-state index is 6.00. The van der Waals surface area contributed by atoms with Crippen LogP contribution in [0.4, 0.5) is 0 Å². The van der Waals surface area contributed by atoms with Gasteiger partial charge in [0.05, 0.1) is 12.5 Å². The van der Waals surface area contributed by atoms with E-state index in [1.54, 1.807) is 23.9 Å². The monoisotopic (exact) mass is 207 g/mol. The Kier molecular flexibility index (Phi) is 3.01. The van der Waals surface area contributed by atoms with E-state index in [1.165, 1.54) is 4.88 Å². The van der Waals surface area contributed by atoms with E-state index in [-0.39, 0.29) is 6.04 Å². The summed E-state index contributed by atoms with van der Waals surface area (Å²) < 4.78 is 5.00. The Morgan fingerprint density at radius 2 is 2.36 bits per heavy atom. The number of rotatable bonds is 4. The quantitative estimate of drug-likeness (QED) is 0.837. The summed E-state index contributed by atoms with van der Waals surface area (Å²) in [5.74, 6) is 0. The fourth-order valence-corrected chi connectivity index (χ4v) is 2.13. The van der Waals surface area contributed by atoms with Gasteiger partial charge in [0.1, 0.15) is 0 Å². The third-order valence-corrected chi connectivity index (χ3v) is 3.19. The fourth-order valence-electron chi connectivity index (χ4n) is 1.41. The summed E-state index contributed by atoms with van der Waals surface area (Å²) in [5.41, 5.74) is 7.09. The Balaban J connectivity index is 1.87. The van der Waals surface area contributed by atoms with Crippen LogP contribution in [-0.4, -0.2) is 0 Å². The largest absolute Gasteiger partial charge is 0.472 e. The molecule has 2 aromatic heterocycles. The van der Waals surface area contributed by atoms with Crippen LogP contribution in [0.1, 0.15) is 22.9 Å². The van der Waals surface area contributed by atoms with E-state index in [4.69, 9.17) is 10.2 Å². The van der Waals surface area contributed by atoms with Gasteiger partial charge in [0.25, 0.3) is 0 Å². The van der Waals surface area contributed by atoms with Crippen LogP contribution in [0.5, 0.6) is 0 Å². The number of thiophene rings is 1. The molecule has 0 spiro atoms. The molecule has 2 aromatic rings. The Bertz CT molecular complexity index is 353. The van der Waals surface area contributed by atoms with Gasteiger partial charge >= 0.3 is 0 Å². The lowest BCUT2D eigenvalue weighted by Gasteiger charge is -2.07. The van der Waals surface area contributed by atoms with Crippen molar-refractivity contribution in [1.29, 1.82) is 0 Å². The molecule has 0 saturated heterocycles. The van der Waals surface area contributed by atoms with E-state index >= 15 is 0 Å². The van der Waals surface area contributed by atoms with Crippen LogP contribution < -0.4 is 5.73 Å². The van der Waals surface area contributed by atoms with Crippen LogP contribution in [0.2, 0.25) is 0 Å². The average molecular weight is 207 g/mol. The Hall–Kier alpha value is -1.06. The first kappa shape index (κ1) is 9.49. The highest BCUT2D eigenvalue weighted by Crippen LogP contribution is 2.19. The second-order valence-electron chi connectivity index (χ2n) is 3.28. The zero-order valence-corrected chi connectivity index (χ0v) is 8.67. The molecule has 0 aliphatic carbocycles. The zero-order valence-electron chi connectivity index (χ0n) is 7.85.